The van der Waals surface area contributed by atoms with E-state index in [2.05, 4.69) is 9.76 Å². The van der Waals surface area contributed by atoms with Crippen molar-refractivity contribution in [3.05, 3.63) is 76.0 Å². The normalized spacial score (nSPS) is 13.1. The van der Waals surface area contributed by atoms with Crippen LogP contribution in [-0.2, 0) is 32.0 Å². The number of carbonyl (C=O) groups is 1. The molecule has 31 heavy (non-hydrogen) atoms. The molecule has 0 aliphatic rings. The second-order valence-corrected chi connectivity index (χ2v) is 8.36. The molecule has 0 saturated heterocycles. The Morgan fingerprint density at radius 3 is 2.45 bits per heavy atom. The van der Waals surface area contributed by atoms with E-state index >= 15 is 0 Å². The highest BCUT2D eigenvalue weighted by atomic mass is 32.2. The van der Waals surface area contributed by atoms with Crippen LogP contribution in [-0.4, -0.2) is 19.3 Å². The van der Waals surface area contributed by atoms with Crippen molar-refractivity contribution >= 4 is 39.6 Å². The lowest BCUT2D eigenvalue weighted by Gasteiger charge is -2.40. The van der Waals surface area contributed by atoms with E-state index in [1.807, 2.05) is 19.2 Å². The van der Waals surface area contributed by atoms with Gasteiger partial charge in [-0.05, 0) is 43.2 Å². The van der Waals surface area contributed by atoms with E-state index < -0.39 is 22.3 Å². The second kappa shape index (κ2) is 9.54. The summed E-state index contributed by atoms with van der Waals surface area (Å²) in [6.07, 6.45) is 0.722. The Morgan fingerprint density at radius 2 is 1.90 bits per heavy atom. The van der Waals surface area contributed by atoms with Crippen molar-refractivity contribution in [1.82, 2.24) is 4.98 Å². The summed E-state index contributed by atoms with van der Waals surface area (Å²) in [6, 6.07) is 12.7. The molecule has 0 bridgehead atoms. The third-order valence-corrected chi connectivity index (χ3v) is 6.21. The van der Waals surface area contributed by atoms with Crippen LogP contribution in [0, 0.1) is 5.82 Å². The van der Waals surface area contributed by atoms with Crippen molar-refractivity contribution < 1.29 is 21.9 Å². The summed E-state index contributed by atoms with van der Waals surface area (Å²) in [6.45, 7) is 5.18. The van der Waals surface area contributed by atoms with Crippen LogP contribution >= 0.6 is 11.3 Å². The monoisotopic (exact) mass is 463 g/mol. The van der Waals surface area contributed by atoms with Gasteiger partial charge in [0.05, 0.1) is 17.1 Å². The number of benzene rings is 2. The van der Waals surface area contributed by atoms with E-state index in [-0.39, 0.29) is 11.6 Å². The summed E-state index contributed by atoms with van der Waals surface area (Å²) >= 11 is 1.39. The molecule has 0 saturated carbocycles. The highest BCUT2D eigenvalue weighted by Gasteiger charge is 2.42. The maximum Gasteiger partial charge on any atom is 0.277 e. The van der Waals surface area contributed by atoms with Gasteiger partial charge >= 0.3 is 0 Å². The van der Waals surface area contributed by atoms with Crippen molar-refractivity contribution in [2.75, 3.05) is 10.4 Å². The SMILES string of the molecule is CCc1csc([C@](C)(c2ccc(NO[SH](=O)=O)cc2)N(C(C)=O)c2ccccc2F)n1. The number of thiol groups is 1. The molecule has 0 aliphatic heterocycles. The van der Waals surface area contributed by atoms with E-state index in [9.17, 15) is 17.6 Å². The molecule has 0 aliphatic carbocycles. The number of hydrogen-bond donors (Lipinski definition) is 2. The number of halogens is 1. The number of thiazole rings is 1. The maximum absolute atomic E-state index is 14.8. The molecule has 1 amide bonds. The Kier molecular flexibility index (Phi) is 7.04. The molecule has 0 unspecified atom stereocenters. The predicted octanol–water partition coefficient (Wildman–Crippen LogP) is 4.03. The third kappa shape index (κ3) is 4.76. The third-order valence-electron chi connectivity index (χ3n) is 4.87. The first-order valence-electron chi connectivity index (χ1n) is 9.45. The first kappa shape index (κ1) is 22.9. The summed E-state index contributed by atoms with van der Waals surface area (Å²) < 4.78 is 40.5. The van der Waals surface area contributed by atoms with E-state index in [1.54, 1.807) is 42.5 Å². The number of rotatable bonds is 8. The van der Waals surface area contributed by atoms with Crippen LogP contribution < -0.4 is 10.4 Å². The van der Waals surface area contributed by atoms with Gasteiger partial charge in [0.25, 0.3) is 11.0 Å². The lowest BCUT2D eigenvalue weighted by atomic mass is 9.89. The molecule has 3 rings (SSSR count). The number of aryl methyl sites for hydroxylation is 1. The molecule has 0 radical (unpaired) electrons. The molecule has 1 aromatic heterocycles. The molecule has 1 N–H and O–H groups in total. The minimum Gasteiger partial charge on any atom is -0.293 e. The number of para-hydroxylation sites is 1. The van der Waals surface area contributed by atoms with Gasteiger partial charge in [0.15, 0.2) is 0 Å². The lowest BCUT2D eigenvalue weighted by molar-refractivity contribution is -0.117. The van der Waals surface area contributed by atoms with Crippen LogP contribution in [0.15, 0.2) is 53.9 Å². The average molecular weight is 464 g/mol. The van der Waals surface area contributed by atoms with Crippen molar-refractivity contribution in [3.8, 4) is 0 Å². The molecule has 7 nitrogen and oxygen atoms in total. The summed E-state index contributed by atoms with van der Waals surface area (Å²) in [5.74, 6) is -0.878. The summed E-state index contributed by atoms with van der Waals surface area (Å²) in [7, 11) is -3.06. The molecule has 0 spiro atoms. The predicted molar refractivity (Wildman–Crippen MR) is 119 cm³/mol. The highest BCUT2D eigenvalue weighted by molar-refractivity contribution is 7.67. The Morgan fingerprint density at radius 1 is 1.23 bits per heavy atom. The molecule has 3 aromatic rings. The fraction of sp³-hybridized carbons (Fsp3) is 0.238. The van der Waals surface area contributed by atoms with E-state index in [0.29, 0.717) is 16.3 Å². The molecule has 164 valence electrons. The smallest absolute Gasteiger partial charge is 0.277 e. The zero-order chi connectivity index (χ0) is 22.6. The number of anilines is 2. The molecule has 2 aromatic carbocycles. The lowest BCUT2D eigenvalue weighted by Crippen LogP contribution is -2.48. The number of carbonyl (C=O) groups excluding carboxylic acids is 1. The minimum absolute atomic E-state index is 0.139. The first-order chi connectivity index (χ1) is 14.8. The number of amides is 1. The van der Waals surface area contributed by atoms with Gasteiger partial charge in [-0.2, -0.15) is 4.28 Å². The second-order valence-electron chi connectivity index (χ2n) is 6.87. The molecule has 10 heteroatoms. The van der Waals surface area contributed by atoms with E-state index in [0.717, 1.165) is 12.1 Å². The van der Waals surface area contributed by atoms with Gasteiger partial charge in [0.1, 0.15) is 16.4 Å². The molecule has 1 atom stereocenters. The Labute approximate surface area is 185 Å². The summed E-state index contributed by atoms with van der Waals surface area (Å²) in [4.78, 5) is 18.9. The van der Waals surface area contributed by atoms with Gasteiger partial charge in [0.2, 0.25) is 5.91 Å². The molecule has 1 heterocycles. The summed E-state index contributed by atoms with van der Waals surface area (Å²) in [5, 5.41) is 2.55. The van der Waals surface area contributed by atoms with Crippen LogP contribution in [0.4, 0.5) is 15.8 Å². The largest absolute Gasteiger partial charge is 0.293 e. The molecular weight excluding hydrogens is 441 g/mol. The summed E-state index contributed by atoms with van der Waals surface area (Å²) in [5.41, 5.74) is 3.28. The fourth-order valence-electron chi connectivity index (χ4n) is 3.35. The quantitative estimate of drug-likeness (QED) is 0.387. The van der Waals surface area contributed by atoms with Crippen molar-refractivity contribution in [1.29, 1.82) is 0 Å². The number of hydrogen-bond acceptors (Lipinski definition) is 7. The Balaban J connectivity index is 2.17. The van der Waals surface area contributed by atoms with Gasteiger partial charge < -0.3 is 0 Å². The Bertz CT molecular complexity index is 1140. The number of nitrogens with one attached hydrogen (secondary N) is 1. The van der Waals surface area contributed by atoms with Gasteiger partial charge in [-0.25, -0.2) is 23.3 Å². The standard InChI is InChI=1S/C21H22FN3O4S2/c1-4-16-13-30-20(23-16)21(3,15-9-11-17(12-10-15)24-29-31(27)28)25(14(2)26)19-8-6-5-7-18(19)22/h5-13,24,31H,4H2,1-3H3/t21-/m0/s1. The zero-order valence-electron chi connectivity index (χ0n) is 17.2. The van der Waals surface area contributed by atoms with Gasteiger partial charge in [-0.3, -0.25) is 9.69 Å². The van der Waals surface area contributed by atoms with Crippen LogP contribution in [0.2, 0.25) is 0 Å². The Hall–Kier alpha value is -2.82. The molecule has 0 fully saturated rings. The van der Waals surface area contributed by atoms with Crippen molar-refractivity contribution in [3.63, 3.8) is 0 Å². The average Bonchev–Trinajstić information content (AvgIpc) is 3.24. The fourth-order valence-corrected chi connectivity index (χ4v) is 4.61. The number of aromatic nitrogens is 1. The highest BCUT2D eigenvalue weighted by Crippen LogP contribution is 2.41. The van der Waals surface area contributed by atoms with Crippen LogP contribution in [0.1, 0.15) is 37.0 Å². The first-order valence-corrected chi connectivity index (χ1v) is 11.4. The number of nitrogens with zero attached hydrogens (tertiary/aromatic N) is 2. The topological polar surface area (TPSA) is 88.6 Å². The van der Waals surface area contributed by atoms with Crippen LogP contribution in [0.3, 0.4) is 0 Å². The zero-order valence-corrected chi connectivity index (χ0v) is 18.9. The van der Waals surface area contributed by atoms with Gasteiger partial charge in [-0.15, -0.1) is 11.3 Å². The minimum atomic E-state index is -3.06. The van der Waals surface area contributed by atoms with Crippen LogP contribution in [0.25, 0.3) is 0 Å². The van der Waals surface area contributed by atoms with E-state index in [1.165, 1.54) is 29.2 Å². The van der Waals surface area contributed by atoms with E-state index in [4.69, 9.17) is 4.98 Å². The van der Waals surface area contributed by atoms with Crippen molar-refractivity contribution in [2.24, 2.45) is 0 Å². The maximum atomic E-state index is 14.8. The molecular formula is C21H22FN3O4S2. The van der Waals surface area contributed by atoms with Gasteiger partial charge in [0, 0.05) is 12.3 Å². The van der Waals surface area contributed by atoms with Crippen LogP contribution in [0.5, 0.6) is 0 Å². The van der Waals surface area contributed by atoms with Gasteiger partial charge in [-0.1, -0.05) is 31.2 Å². The van der Waals surface area contributed by atoms with Crippen molar-refractivity contribution in [2.45, 2.75) is 32.7 Å².